The van der Waals surface area contributed by atoms with Crippen molar-refractivity contribution in [2.45, 2.75) is 38.6 Å². The van der Waals surface area contributed by atoms with Crippen molar-refractivity contribution < 1.29 is 0 Å². The van der Waals surface area contributed by atoms with Gasteiger partial charge in [0.25, 0.3) is 0 Å². The molecule has 1 aromatic heterocycles. The second-order valence-electron chi connectivity index (χ2n) is 4.30. The van der Waals surface area contributed by atoms with Crippen LogP contribution in [0.25, 0.3) is 0 Å². The standard InChI is InChI=1S/C13H20N2/c1-2-10-15-11-6-4-8-13(15)12-7-3-5-9-14-12/h3,5,7,9,13H,2,4,6,8,10-11H2,1H3/t13-/m1/s1. The lowest BCUT2D eigenvalue weighted by atomic mass is 9.98. The molecule has 1 aliphatic heterocycles. The van der Waals surface area contributed by atoms with Gasteiger partial charge in [0, 0.05) is 6.20 Å². The number of rotatable bonds is 3. The summed E-state index contributed by atoms with van der Waals surface area (Å²) in [6, 6.07) is 6.83. The summed E-state index contributed by atoms with van der Waals surface area (Å²) >= 11 is 0. The Hall–Kier alpha value is -0.890. The molecule has 0 aromatic carbocycles. The van der Waals surface area contributed by atoms with E-state index in [2.05, 4.69) is 28.9 Å². The first-order valence-electron chi connectivity index (χ1n) is 6.07. The van der Waals surface area contributed by atoms with E-state index in [0.29, 0.717) is 6.04 Å². The molecule has 0 bridgehead atoms. The highest BCUT2D eigenvalue weighted by molar-refractivity contribution is 5.09. The van der Waals surface area contributed by atoms with Gasteiger partial charge >= 0.3 is 0 Å². The van der Waals surface area contributed by atoms with Gasteiger partial charge in [0.05, 0.1) is 11.7 Å². The van der Waals surface area contributed by atoms with Crippen LogP contribution in [0, 0.1) is 0 Å². The number of nitrogens with zero attached hydrogens (tertiary/aromatic N) is 2. The fourth-order valence-electron chi connectivity index (χ4n) is 2.45. The highest BCUT2D eigenvalue weighted by Crippen LogP contribution is 2.29. The smallest absolute Gasteiger partial charge is 0.0575 e. The van der Waals surface area contributed by atoms with Crippen LogP contribution in [-0.4, -0.2) is 23.0 Å². The van der Waals surface area contributed by atoms with Crippen molar-refractivity contribution in [3.8, 4) is 0 Å². The molecule has 1 aromatic rings. The molecule has 1 fully saturated rings. The molecule has 0 N–H and O–H groups in total. The average Bonchev–Trinajstić information content (AvgIpc) is 2.31. The van der Waals surface area contributed by atoms with Crippen molar-refractivity contribution in [2.24, 2.45) is 0 Å². The van der Waals surface area contributed by atoms with Gasteiger partial charge in [-0.15, -0.1) is 0 Å². The van der Waals surface area contributed by atoms with E-state index in [4.69, 9.17) is 0 Å². The molecule has 0 unspecified atom stereocenters. The van der Waals surface area contributed by atoms with Crippen LogP contribution in [0.15, 0.2) is 24.4 Å². The normalized spacial score (nSPS) is 22.9. The van der Waals surface area contributed by atoms with E-state index in [1.807, 2.05) is 12.3 Å². The van der Waals surface area contributed by atoms with E-state index in [1.54, 1.807) is 0 Å². The second-order valence-corrected chi connectivity index (χ2v) is 4.30. The molecule has 0 aliphatic carbocycles. The summed E-state index contributed by atoms with van der Waals surface area (Å²) < 4.78 is 0. The lowest BCUT2D eigenvalue weighted by molar-refractivity contribution is 0.146. The van der Waals surface area contributed by atoms with Crippen LogP contribution >= 0.6 is 0 Å². The van der Waals surface area contributed by atoms with Gasteiger partial charge in [-0.2, -0.15) is 0 Å². The van der Waals surface area contributed by atoms with Crippen LogP contribution in [0.3, 0.4) is 0 Å². The Balaban J connectivity index is 2.11. The Morgan fingerprint density at radius 2 is 2.33 bits per heavy atom. The van der Waals surface area contributed by atoms with Crippen molar-refractivity contribution in [1.29, 1.82) is 0 Å². The zero-order chi connectivity index (χ0) is 10.5. The Labute approximate surface area is 92.3 Å². The van der Waals surface area contributed by atoms with Gasteiger partial charge in [0.1, 0.15) is 0 Å². The minimum atomic E-state index is 0.569. The van der Waals surface area contributed by atoms with Crippen molar-refractivity contribution in [1.82, 2.24) is 9.88 Å². The summed E-state index contributed by atoms with van der Waals surface area (Å²) in [4.78, 5) is 7.08. The molecular formula is C13H20N2. The van der Waals surface area contributed by atoms with Gasteiger partial charge in [-0.05, 0) is 44.5 Å². The molecule has 1 aliphatic rings. The predicted molar refractivity (Wildman–Crippen MR) is 62.7 cm³/mol. The molecule has 0 saturated carbocycles. The monoisotopic (exact) mass is 204 g/mol. The molecule has 2 heteroatoms. The summed E-state index contributed by atoms with van der Waals surface area (Å²) in [7, 11) is 0. The first-order chi connectivity index (χ1) is 7.42. The van der Waals surface area contributed by atoms with Crippen LogP contribution in [-0.2, 0) is 0 Å². The van der Waals surface area contributed by atoms with Gasteiger partial charge in [-0.3, -0.25) is 9.88 Å². The Morgan fingerprint density at radius 3 is 3.07 bits per heavy atom. The van der Waals surface area contributed by atoms with E-state index >= 15 is 0 Å². The first kappa shape index (κ1) is 10.6. The zero-order valence-electron chi connectivity index (χ0n) is 9.52. The highest BCUT2D eigenvalue weighted by Gasteiger charge is 2.23. The number of likely N-dealkylation sites (tertiary alicyclic amines) is 1. The largest absolute Gasteiger partial charge is 0.295 e. The maximum Gasteiger partial charge on any atom is 0.0575 e. The van der Waals surface area contributed by atoms with Crippen LogP contribution < -0.4 is 0 Å². The number of hydrogen-bond donors (Lipinski definition) is 0. The number of piperidine rings is 1. The molecule has 2 nitrogen and oxygen atoms in total. The molecule has 15 heavy (non-hydrogen) atoms. The Bertz CT molecular complexity index is 282. The lowest BCUT2D eigenvalue weighted by Gasteiger charge is -2.35. The minimum absolute atomic E-state index is 0.569. The van der Waals surface area contributed by atoms with E-state index in [-0.39, 0.29) is 0 Å². The Morgan fingerprint density at radius 1 is 1.40 bits per heavy atom. The summed E-state index contributed by atoms with van der Waals surface area (Å²) in [6.45, 7) is 4.71. The van der Waals surface area contributed by atoms with E-state index in [1.165, 1.54) is 44.5 Å². The predicted octanol–water partition coefficient (Wildman–Crippen LogP) is 3.02. The summed E-state index contributed by atoms with van der Waals surface area (Å²) in [6.07, 6.45) is 7.12. The highest BCUT2D eigenvalue weighted by atomic mass is 15.2. The van der Waals surface area contributed by atoms with Crippen molar-refractivity contribution in [2.75, 3.05) is 13.1 Å². The first-order valence-corrected chi connectivity index (χ1v) is 6.07. The van der Waals surface area contributed by atoms with Crippen molar-refractivity contribution in [3.63, 3.8) is 0 Å². The Kier molecular flexibility index (Phi) is 3.73. The summed E-state index contributed by atoms with van der Waals surface area (Å²) in [5.74, 6) is 0. The van der Waals surface area contributed by atoms with Crippen LogP contribution in [0.5, 0.6) is 0 Å². The summed E-state index contributed by atoms with van der Waals surface area (Å²) in [5.41, 5.74) is 1.26. The quantitative estimate of drug-likeness (QED) is 0.752. The molecule has 0 amide bonds. The molecular weight excluding hydrogens is 184 g/mol. The third kappa shape index (κ3) is 2.57. The molecule has 0 radical (unpaired) electrons. The van der Waals surface area contributed by atoms with Gasteiger partial charge in [-0.25, -0.2) is 0 Å². The maximum absolute atomic E-state index is 4.49. The van der Waals surface area contributed by atoms with E-state index in [9.17, 15) is 0 Å². The minimum Gasteiger partial charge on any atom is -0.295 e. The van der Waals surface area contributed by atoms with Gasteiger partial charge in [0.15, 0.2) is 0 Å². The van der Waals surface area contributed by atoms with Crippen LogP contribution in [0.2, 0.25) is 0 Å². The third-order valence-corrected chi connectivity index (χ3v) is 3.15. The number of aromatic nitrogens is 1. The molecule has 1 saturated heterocycles. The van der Waals surface area contributed by atoms with Gasteiger partial charge in [0.2, 0.25) is 0 Å². The number of pyridine rings is 1. The third-order valence-electron chi connectivity index (χ3n) is 3.15. The molecule has 1 atom stereocenters. The number of hydrogen-bond acceptors (Lipinski definition) is 2. The van der Waals surface area contributed by atoms with Crippen molar-refractivity contribution in [3.05, 3.63) is 30.1 Å². The molecule has 82 valence electrons. The lowest BCUT2D eigenvalue weighted by Crippen LogP contribution is -2.34. The molecule has 2 heterocycles. The van der Waals surface area contributed by atoms with E-state index in [0.717, 1.165) is 0 Å². The second kappa shape index (κ2) is 5.26. The zero-order valence-corrected chi connectivity index (χ0v) is 9.52. The fraction of sp³-hybridized carbons (Fsp3) is 0.615. The van der Waals surface area contributed by atoms with Crippen LogP contribution in [0.4, 0.5) is 0 Å². The van der Waals surface area contributed by atoms with E-state index < -0.39 is 0 Å². The molecule has 0 spiro atoms. The summed E-state index contributed by atoms with van der Waals surface area (Å²) in [5, 5.41) is 0. The van der Waals surface area contributed by atoms with Gasteiger partial charge < -0.3 is 0 Å². The fourth-order valence-corrected chi connectivity index (χ4v) is 2.45. The maximum atomic E-state index is 4.49. The average molecular weight is 204 g/mol. The van der Waals surface area contributed by atoms with Crippen molar-refractivity contribution >= 4 is 0 Å². The topological polar surface area (TPSA) is 16.1 Å². The van der Waals surface area contributed by atoms with Gasteiger partial charge in [-0.1, -0.05) is 19.4 Å². The molecule has 2 rings (SSSR count). The SMILES string of the molecule is CCCN1CCCC[C@@H]1c1ccccn1. The van der Waals surface area contributed by atoms with Crippen LogP contribution in [0.1, 0.15) is 44.3 Å².